The molecule has 0 amide bonds. The first-order chi connectivity index (χ1) is 12.1. The molecule has 2 saturated carbocycles. The second-order valence-electron chi connectivity index (χ2n) is 7.75. The smallest absolute Gasteiger partial charge is 0.225 e. The molecule has 0 bridgehead atoms. The van der Waals surface area contributed by atoms with E-state index in [1.807, 2.05) is 6.20 Å². The van der Waals surface area contributed by atoms with Gasteiger partial charge in [-0.2, -0.15) is 4.98 Å². The van der Waals surface area contributed by atoms with Crippen molar-refractivity contribution in [2.45, 2.75) is 76.5 Å². The summed E-state index contributed by atoms with van der Waals surface area (Å²) in [6.07, 6.45) is 7.79. The van der Waals surface area contributed by atoms with Crippen molar-refractivity contribution in [2.24, 2.45) is 0 Å². The molecule has 0 unspecified atom stereocenters. The zero-order chi connectivity index (χ0) is 17.4. The second kappa shape index (κ2) is 6.75. The number of fused-ring (bicyclic) bond motifs is 1. The summed E-state index contributed by atoms with van der Waals surface area (Å²) in [7, 11) is 0. The van der Waals surface area contributed by atoms with Gasteiger partial charge >= 0.3 is 0 Å². The van der Waals surface area contributed by atoms with E-state index in [9.17, 15) is 5.11 Å². The third kappa shape index (κ3) is 3.84. The molecule has 25 heavy (non-hydrogen) atoms. The number of rotatable bonds is 5. The van der Waals surface area contributed by atoms with Crippen molar-refractivity contribution in [3.8, 4) is 0 Å². The van der Waals surface area contributed by atoms with Crippen LogP contribution in [-0.4, -0.2) is 38.2 Å². The lowest BCUT2D eigenvalue weighted by Gasteiger charge is -2.26. The SMILES string of the molecule is CC(C)Nc1nc(NC2CCC(O)CC2)nc2cnc(C3CC3)cc12. The van der Waals surface area contributed by atoms with E-state index >= 15 is 0 Å². The highest BCUT2D eigenvalue weighted by Gasteiger charge is 2.26. The first kappa shape index (κ1) is 16.5. The minimum Gasteiger partial charge on any atom is -0.393 e. The molecule has 0 saturated heterocycles. The Bertz CT molecular complexity index is 751. The standard InChI is InChI=1S/C19H27N5O/c1-11(2)21-18-15-9-16(12-3-4-12)20-10-17(15)23-19(24-18)22-13-5-7-14(25)8-6-13/h9-14,25H,3-8H2,1-2H3,(H2,21,22,23,24). The Kier molecular flexibility index (Phi) is 4.46. The Morgan fingerprint density at radius 3 is 2.52 bits per heavy atom. The second-order valence-corrected chi connectivity index (χ2v) is 7.75. The predicted octanol–water partition coefficient (Wildman–Crippen LogP) is 3.44. The van der Waals surface area contributed by atoms with Crippen LogP contribution in [0.1, 0.15) is 64.0 Å². The highest BCUT2D eigenvalue weighted by atomic mass is 16.3. The van der Waals surface area contributed by atoms with E-state index in [-0.39, 0.29) is 6.10 Å². The summed E-state index contributed by atoms with van der Waals surface area (Å²) < 4.78 is 0. The Hall–Kier alpha value is -1.95. The number of aliphatic hydroxyl groups excluding tert-OH is 1. The molecule has 2 aromatic heterocycles. The van der Waals surface area contributed by atoms with Gasteiger partial charge in [0.15, 0.2) is 0 Å². The summed E-state index contributed by atoms with van der Waals surface area (Å²) in [6.45, 7) is 4.24. The van der Waals surface area contributed by atoms with Gasteiger partial charge in [-0.1, -0.05) is 0 Å². The van der Waals surface area contributed by atoms with Crippen molar-refractivity contribution in [1.82, 2.24) is 15.0 Å². The van der Waals surface area contributed by atoms with E-state index in [0.717, 1.165) is 48.1 Å². The number of nitrogens with one attached hydrogen (secondary N) is 2. The van der Waals surface area contributed by atoms with E-state index in [2.05, 4.69) is 40.5 Å². The van der Waals surface area contributed by atoms with E-state index in [4.69, 9.17) is 4.98 Å². The fourth-order valence-corrected chi connectivity index (χ4v) is 3.50. The summed E-state index contributed by atoms with van der Waals surface area (Å²) in [5.74, 6) is 2.14. The molecule has 0 spiro atoms. The lowest BCUT2D eigenvalue weighted by atomic mass is 9.93. The van der Waals surface area contributed by atoms with Crippen molar-refractivity contribution >= 4 is 22.7 Å². The molecule has 2 aromatic rings. The predicted molar refractivity (Wildman–Crippen MR) is 100.0 cm³/mol. The first-order valence-electron chi connectivity index (χ1n) is 9.47. The normalized spacial score (nSPS) is 23.8. The van der Waals surface area contributed by atoms with Gasteiger partial charge in [0.05, 0.1) is 17.8 Å². The van der Waals surface area contributed by atoms with Crippen molar-refractivity contribution < 1.29 is 5.11 Å². The fourth-order valence-electron chi connectivity index (χ4n) is 3.50. The summed E-state index contributed by atoms with van der Waals surface area (Å²) in [6, 6.07) is 2.78. The van der Waals surface area contributed by atoms with Gasteiger partial charge in [0.2, 0.25) is 5.95 Å². The van der Waals surface area contributed by atoms with Crippen molar-refractivity contribution in [3.05, 3.63) is 18.0 Å². The first-order valence-corrected chi connectivity index (χ1v) is 9.47. The highest BCUT2D eigenvalue weighted by Crippen LogP contribution is 2.40. The van der Waals surface area contributed by atoms with Gasteiger partial charge in [-0.05, 0) is 58.4 Å². The lowest BCUT2D eigenvalue weighted by Crippen LogP contribution is -2.29. The molecule has 6 heteroatoms. The van der Waals surface area contributed by atoms with E-state index in [1.54, 1.807) is 0 Å². The average molecular weight is 341 g/mol. The molecule has 2 fully saturated rings. The number of aliphatic hydroxyl groups is 1. The summed E-state index contributed by atoms with van der Waals surface area (Å²) >= 11 is 0. The third-order valence-electron chi connectivity index (χ3n) is 5.05. The van der Waals surface area contributed by atoms with Crippen LogP contribution in [0.25, 0.3) is 10.9 Å². The molecular formula is C19H27N5O. The number of pyridine rings is 1. The topological polar surface area (TPSA) is 83.0 Å². The Morgan fingerprint density at radius 2 is 1.84 bits per heavy atom. The molecular weight excluding hydrogens is 314 g/mol. The molecule has 2 heterocycles. The van der Waals surface area contributed by atoms with Crippen molar-refractivity contribution in [3.63, 3.8) is 0 Å². The van der Waals surface area contributed by atoms with Gasteiger partial charge < -0.3 is 15.7 Å². The Balaban J connectivity index is 1.64. The van der Waals surface area contributed by atoms with Gasteiger partial charge in [0.1, 0.15) is 5.82 Å². The molecule has 0 atom stereocenters. The lowest BCUT2D eigenvalue weighted by molar-refractivity contribution is 0.126. The van der Waals surface area contributed by atoms with Gasteiger partial charge in [-0.3, -0.25) is 4.98 Å². The van der Waals surface area contributed by atoms with Gasteiger partial charge in [-0.15, -0.1) is 0 Å². The van der Waals surface area contributed by atoms with E-state index < -0.39 is 0 Å². The maximum Gasteiger partial charge on any atom is 0.225 e. The summed E-state index contributed by atoms with van der Waals surface area (Å²) in [5.41, 5.74) is 2.03. The molecule has 0 aliphatic heterocycles. The van der Waals surface area contributed by atoms with Gasteiger partial charge in [-0.25, -0.2) is 4.98 Å². The molecule has 3 N–H and O–H groups in total. The molecule has 4 rings (SSSR count). The van der Waals surface area contributed by atoms with Crippen LogP contribution in [0.15, 0.2) is 12.3 Å². The zero-order valence-corrected chi connectivity index (χ0v) is 15.0. The van der Waals surface area contributed by atoms with Crippen LogP contribution in [-0.2, 0) is 0 Å². The van der Waals surface area contributed by atoms with Crippen LogP contribution in [0.2, 0.25) is 0 Å². The van der Waals surface area contributed by atoms with Crippen LogP contribution in [0.4, 0.5) is 11.8 Å². The molecule has 2 aliphatic rings. The number of hydrogen-bond acceptors (Lipinski definition) is 6. The Morgan fingerprint density at radius 1 is 1.08 bits per heavy atom. The number of aromatic nitrogens is 3. The number of anilines is 2. The number of hydrogen-bond donors (Lipinski definition) is 3. The minimum atomic E-state index is -0.154. The maximum atomic E-state index is 9.68. The van der Waals surface area contributed by atoms with E-state index in [1.165, 1.54) is 12.8 Å². The van der Waals surface area contributed by atoms with Crippen LogP contribution < -0.4 is 10.6 Å². The molecule has 2 aliphatic carbocycles. The maximum absolute atomic E-state index is 9.68. The molecule has 6 nitrogen and oxygen atoms in total. The van der Waals surface area contributed by atoms with Crippen LogP contribution in [0, 0.1) is 0 Å². The quantitative estimate of drug-likeness (QED) is 0.773. The molecule has 0 radical (unpaired) electrons. The summed E-state index contributed by atoms with van der Waals surface area (Å²) in [4.78, 5) is 14.0. The van der Waals surface area contributed by atoms with Crippen molar-refractivity contribution in [2.75, 3.05) is 10.6 Å². The number of nitrogens with zero attached hydrogens (tertiary/aromatic N) is 3. The van der Waals surface area contributed by atoms with Crippen LogP contribution in [0.3, 0.4) is 0 Å². The zero-order valence-electron chi connectivity index (χ0n) is 15.0. The molecule has 0 aromatic carbocycles. The molecule has 134 valence electrons. The van der Waals surface area contributed by atoms with Crippen LogP contribution >= 0.6 is 0 Å². The third-order valence-corrected chi connectivity index (χ3v) is 5.05. The highest BCUT2D eigenvalue weighted by molar-refractivity contribution is 5.90. The average Bonchev–Trinajstić information content (AvgIpc) is 3.41. The monoisotopic (exact) mass is 341 g/mol. The van der Waals surface area contributed by atoms with Crippen LogP contribution in [0.5, 0.6) is 0 Å². The summed E-state index contributed by atoms with van der Waals surface area (Å²) in [5, 5.41) is 17.6. The largest absolute Gasteiger partial charge is 0.393 e. The van der Waals surface area contributed by atoms with Gasteiger partial charge in [0.25, 0.3) is 0 Å². The van der Waals surface area contributed by atoms with Crippen molar-refractivity contribution in [1.29, 1.82) is 0 Å². The fraction of sp³-hybridized carbons (Fsp3) is 0.632. The Labute approximate surface area is 148 Å². The van der Waals surface area contributed by atoms with Gasteiger partial charge in [0, 0.05) is 29.1 Å². The van der Waals surface area contributed by atoms with E-state index in [0.29, 0.717) is 23.9 Å². The minimum absolute atomic E-state index is 0.154.